The van der Waals surface area contributed by atoms with Gasteiger partial charge in [0.1, 0.15) is 4.90 Å². The number of amides is 1. The molecule has 0 aromatic heterocycles. The van der Waals surface area contributed by atoms with Crippen molar-refractivity contribution in [2.24, 2.45) is 5.92 Å². The molecular formula is C13H18BrN3O3S. The third kappa shape index (κ3) is 3.38. The molecule has 1 fully saturated rings. The fourth-order valence-electron chi connectivity index (χ4n) is 2.46. The van der Waals surface area contributed by atoms with E-state index in [9.17, 15) is 13.2 Å². The monoisotopic (exact) mass is 375 g/mol. The quantitative estimate of drug-likeness (QED) is 0.775. The number of sulfonamides is 1. The summed E-state index contributed by atoms with van der Waals surface area (Å²) in [5, 5.41) is 2.60. The van der Waals surface area contributed by atoms with Crippen LogP contribution in [0, 0.1) is 5.92 Å². The van der Waals surface area contributed by atoms with Gasteiger partial charge in [0.15, 0.2) is 0 Å². The highest BCUT2D eigenvalue weighted by Gasteiger charge is 2.32. The number of hydrogen-bond donors (Lipinski definition) is 2. The predicted octanol–water partition coefficient (Wildman–Crippen LogP) is 1.18. The van der Waals surface area contributed by atoms with Crippen LogP contribution in [0.1, 0.15) is 12.8 Å². The molecular weight excluding hydrogens is 358 g/mol. The van der Waals surface area contributed by atoms with Gasteiger partial charge in [0.25, 0.3) is 0 Å². The van der Waals surface area contributed by atoms with Crippen LogP contribution in [0.3, 0.4) is 0 Å². The van der Waals surface area contributed by atoms with Crippen LogP contribution in [0.2, 0.25) is 0 Å². The fourth-order valence-corrected chi connectivity index (χ4v) is 4.40. The van der Waals surface area contributed by atoms with Crippen molar-refractivity contribution in [3.05, 3.63) is 22.7 Å². The maximum absolute atomic E-state index is 12.6. The van der Waals surface area contributed by atoms with Crippen LogP contribution in [-0.2, 0) is 14.8 Å². The Hall–Kier alpha value is -1.12. The van der Waals surface area contributed by atoms with Crippen molar-refractivity contribution in [2.75, 3.05) is 25.9 Å². The van der Waals surface area contributed by atoms with Gasteiger partial charge in [0.05, 0.1) is 5.69 Å². The molecule has 0 aliphatic carbocycles. The van der Waals surface area contributed by atoms with E-state index in [1.807, 2.05) is 0 Å². The van der Waals surface area contributed by atoms with Crippen LogP contribution in [0.25, 0.3) is 0 Å². The molecule has 0 unspecified atom stereocenters. The first kappa shape index (κ1) is 16.3. The Morgan fingerprint density at radius 1 is 1.38 bits per heavy atom. The summed E-state index contributed by atoms with van der Waals surface area (Å²) in [5.41, 5.74) is 6.03. The Kier molecular flexibility index (Phi) is 4.90. The molecule has 0 saturated carbocycles. The summed E-state index contributed by atoms with van der Waals surface area (Å²) in [5.74, 6) is -0.154. The molecule has 1 heterocycles. The molecule has 1 aromatic carbocycles. The predicted molar refractivity (Wildman–Crippen MR) is 84.1 cm³/mol. The molecule has 0 radical (unpaired) electrons. The number of halogens is 1. The van der Waals surface area contributed by atoms with E-state index in [-0.39, 0.29) is 22.4 Å². The summed E-state index contributed by atoms with van der Waals surface area (Å²) in [7, 11) is -2.02. The van der Waals surface area contributed by atoms with Gasteiger partial charge in [-0.05, 0) is 31.0 Å². The largest absolute Gasteiger partial charge is 0.398 e. The molecule has 2 rings (SSSR count). The molecule has 0 bridgehead atoms. The van der Waals surface area contributed by atoms with Crippen molar-refractivity contribution in [3.8, 4) is 0 Å². The Morgan fingerprint density at radius 2 is 2.00 bits per heavy atom. The number of benzene rings is 1. The zero-order chi connectivity index (χ0) is 15.6. The molecule has 1 saturated heterocycles. The van der Waals surface area contributed by atoms with Crippen LogP contribution in [0.15, 0.2) is 27.6 Å². The summed E-state index contributed by atoms with van der Waals surface area (Å²) < 4.78 is 27.3. The number of anilines is 1. The van der Waals surface area contributed by atoms with Gasteiger partial charge in [-0.2, -0.15) is 4.31 Å². The van der Waals surface area contributed by atoms with Gasteiger partial charge in [-0.25, -0.2) is 8.42 Å². The van der Waals surface area contributed by atoms with E-state index in [1.165, 1.54) is 10.4 Å². The number of nitrogens with two attached hydrogens (primary N) is 1. The summed E-state index contributed by atoms with van der Waals surface area (Å²) in [6.07, 6.45) is 1.05. The number of carbonyl (C=O) groups excluding carboxylic acids is 1. The Bertz CT molecular complexity index is 640. The highest BCUT2D eigenvalue weighted by atomic mass is 79.9. The zero-order valence-corrected chi connectivity index (χ0v) is 14.1. The molecule has 1 amide bonds. The molecule has 1 aliphatic rings. The van der Waals surface area contributed by atoms with Crippen molar-refractivity contribution in [1.29, 1.82) is 0 Å². The first-order valence-electron chi connectivity index (χ1n) is 6.63. The highest BCUT2D eigenvalue weighted by molar-refractivity contribution is 9.10. The number of piperidine rings is 1. The second-order valence-electron chi connectivity index (χ2n) is 4.97. The zero-order valence-electron chi connectivity index (χ0n) is 11.7. The van der Waals surface area contributed by atoms with Gasteiger partial charge in [-0.3, -0.25) is 4.79 Å². The van der Waals surface area contributed by atoms with Gasteiger partial charge in [0, 0.05) is 30.5 Å². The van der Waals surface area contributed by atoms with E-state index >= 15 is 0 Å². The van der Waals surface area contributed by atoms with E-state index < -0.39 is 10.0 Å². The summed E-state index contributed by atoms with van der Waals surface area (Å²) in [6, 6.07) is 4.73. The SMILES string of the molecule is CNC(=O)C1CCN(S(=O)(=O)c2ccc(Br)cc2N)CC1. The first-order chi connectivity index (χ1) is 9.86. The standard InChI is InChI=1S/C13H18BrN3O3S/c1-16-13(18)9-4-6-17(7-5-9)21(19,20)12-3-2-10(14)8-11(12)15/h2-3,8-9H,4-7,15H2,1H3,(H,16,18). The third-order valence-electron chi connectivity index (χ3n) is 3.66. The first-order valence-corrected chi connectivity index (χ1v) is 8.86. The second-order valence-corrected chi connectivity index (χ2v) is 7.80. The van der Waals surface area contributed by atoms with Crippen LogP contribution in [0.4, 0.5) is 5.69 Å². The lowest BCUT2D eigenvalue weighted by atomic mass is 9.97. The number of nitrogen functional groups attached to an aromatic ring is 1. The molecule has 3 N–H and O–H groups in total. The fraction of sp³-hybridized carbons (Fsp3) is 0.462. The van der Waals surface area contributed by atoms with Crippen LogP contribution in [-0.4, -0.2) is 38.8 Å². The van der Waals surface area contributed by atoms with E-state index in [1.54, 1.807) is 19.2 Å². The third-order valence-corrected chi connectivity index (χ3v) is 6.13. The van der Waals surface area contributed by atoms with Gasteiger partial charge >= 0.3 is 0 Å². The summed E-state index contributed by atoms with van der Waals surface area (Å²) in [6.45, 7) is 0.659. The number of hydrogen-bond acceptors (Lipinski definition) is 4. The van der Waals surface area contributed by atoms with E-state index in [2.05, 4.69) is 21.2 Å². The van der Waals surface area contributed by atoms with Crippen LogP contribution >= 0.6 is 15.9 Å². The topological polar surface area (TPSA) is 92.5 Å². The molecule has 6 nitrogen and oxygen atoms in total. The minimum absolute atomic E-state index is 0.0322. The molecule has 21 heavy (non-hydrogen) atoms. The van der Waals surface area contributed by atoms with E-state index in [4.69, 9.17) is 5.73 Å². The van der Waals surface area contributed by atoms with Gasteiger partial charge in [-0.15, -0.1) is 0 Å². The minimum atomic E-state index is -3.61. The molecule has 8 heteroatoms. The van der Waals surface area contributed by atoms with Crippen LogP contribution in [0.5, 0.6) is 0 Å². The van der Waals surface area contributed by atoms with Crippen molar-refractivity contribution < 1.29 is 13.2 Å². The van der Waals surface area contributed by atoms with Crippen molar-refractivity contribution >= 4 is 37.5 Å². The van der Waals surface area contributed by atoms with Gasteiger partial charge in [-0.1, -0.05) is 15.9 Å². The normalized spacial score (nSPS) is 17.6. The number of carbonyl (C=O) groups is 1. The Morgan fingerprint density at radius 3 is 2.52 bits per heavy atom. The van der Waals surface area contributed by atoms with E-state index in [0.29, 0.717) is 25.9 Å². The average Bonchev–Trinajstić information content (AvgIpc) is 2.46. The molecule has 1 aliphatic heterocycles. The minimum Gasteiger partial charge on any atom is -0.398 e. The number of nitrogens with zero attached hydrogens (tertiary/aromatic N) is 1. The number of nitrogens with one attached hydrogen (secondary N) is 1. The lowest BCUT2D eigenvalue weighted by Gasteiger charge is -2.30. The maximum Gasteiger partial charge on any atom is 0.245 e. The maximum atomic E-state index is 12.6. The van der Waals surface area contributed by atoms with Crippen molar-refractivity contribution in [1.82, 2.24) is 9.62 Å². The lowest BCUT2D eigenvalue weighted by molar-refractivity contribution is -0.125. The Labute approximate surface area is 132 Å². The van der Waals surface area contributed by atoms with Crippen molar-refractivity contribution in [3.63, 3.8) is 0 Å². The smallest absolute Gasteiger partial charge is 0.245 e. The average molecular weight is 376 g/mol. The number of rotatable bonds is 3. The summed E-state index contributed by atoms with van der Waals surface area (Å²) >= 11 is 3.26. The molecule has 1 aromatic rings. The summed E-state index contributed by atoms with van der Waals surface area (Å²) in [4.78, 5) is 11.7. The molecule has 0 atom stereocenters. The van der Waals surface area contributed by atoms with Crippen LogP contribution < -0.4 is 11.1 Å². The molecule has 116 valence electrons. The molecule has 0 spiro atoms. The van der Waals surface area contributed by atoms with Gasteiger partial charge in [0.2, 0.25) is 15.9 Å². The van der Waals surface area contributed by atoms with Gasteiger partial charge < -0.3 is 11.1 Å². The lowest BCUT2D eigenvalue weighted by Crippen LogP contribution is -2.42. The highest BCUT2D eigenvalue weighted by Crippen LogP contribution is 2.28. The Balaban J connectivity index is 2.17. The second kappa shape index (κ2) is 6.33. The van der Waals surface area contributed by atoms with E-state index in [0.717, 1.165) is 4.47 Å². The van der Waals surface area contributed by atoms with Crippen molar-refractivity contribution in [2.45, 2.75) is 17.7 Å².